The summed E-state index contributed by atoms with van der Waals surface area (Å²) in [6.07, 6.45) is 14.6. The third-order valence-electron chi connectivity index (χ3n) is 11.2. The molecule has 0 amide bonds. The first kappa shape index (κ1) is 32.7. The average molecular weight is 561 g/mol. The van der Waals surface area contributed by atoms with Gasteiger partial charge in [-0.2, -0.15) is 0 Å². The summed E-state index contributed by atoms with van der Waals surface area (Å²) in [6, 6.07) is 0. The maximum absolute atomic E-state index is 10.7. The van der Waals surface area contributed by atoms with Gasteiger partial charge in [-0.25, -0.2) is 9.59 Å². The fraction of sp³-hybridized carbons (Fsp3) is 0.824. The lowest BCUT2D eigenvalue weighted by molar-refractivity contribution is -0.162. The van der Waals surface area contributed by atoms with E-state index < -0.39 is 18.4 Å². The molecule has 3 fully saturated rings. The first-order valence-corrected chi connectivity index (χ1v) is 15.8. The van der Waals surface area contributed by atoms with Crippen LogP contribution in [-0.2, 0) is 14.3 Å². The van der Waals surface area contributed by atoms with Crippen molar-refractivity contribution < 1.29 is 29.3 Å². The molecule has 0 radical (unpaired) electrons. The molecule has 6 nitrogen and oxygen atoms in total. The summed E-state index contributed by atoms with van der Waals surface area (Å²) in [6.45, 7) is 18.6. The second-order valence-corrected chi connectivity index (χ2v) is 14.3. The van der Waals surface area contributed by atoms with Crippen LogP contribution >= 0.6 is 0 Å². The molecule has 9 atom stereocenters. The third-order valence-corrected chi connectivity index (χ3v) is 11.2. The van der Waals surface area contributed by atoms with Crippen LogP contribution in [0.15, 0.2) is 23.8 Å². The van der Waals surface area contributed by atoms with Crippen LogP contribution in [0.1, 0.15) is 119 Å². The van der Waals surface area contributed by atoms with Crippen LogP contribution in [-0.4, -0.2) is 34.7 Å². The van der Waals surface area contributed by atoms with Gasteiger partial charge in [-0.1, -0.05) is 72.1 Å². The van der Waals surface area contributed by atoms with E-state index in [-0.39, 0.29) is 11.7 Å². The first-order chi connectivity index (χ1) is 18.7. The van der Waals surface area contributed by atoms with Gasteiger partial charge in [-0.05, 0) is 105 Å². The van der Waals surface area contributed by atoms with Crippen molar-refractivity contribution in [2.45, 2.75) is 131 Å². The second kappa shape index (κ2) is 13.4. The maximum Gasteiger partial charge on any atom is 0.508 e. The summed E-state index contributed by atoms with van der Waals surface area (Å²) in [5.41, 5.74) is 2.79. The lowest BCUT2D eigenvalue weighted by atomic mass is 9.47. The standard InChI is InChI=1S/C27H46O.C7H10O5/c1-18(2)7-6-8-19(3)23-11-12-24-22-10-9-20-17-21(28)13-15-26(20,4)25(22)14-16-27(23,24)5;1-4(2)6(8)11-5(3)12-7(9)10/h9,18-19,21-25,28H,6-8,10-17H2,1-5H3;5H,1H2,2-3H3,(H,9,10)/t19?,21-,22-,23+,24-,25-,26-,27+;/m0./s1. The number of allylic oxidation sites excluding steroid dienone is 1. The zero-order valence-electron chi connectivity index (χ0n) is 26.2. The van der Waals surface area contributed by atoms with Crippen molar-refractivity contribution >= 4 is 12.1 Å². The molecule has 228 valence electrons. The van der Waals surface area contributed by atoms with E-state index >= 15 is 0 Å². The molecule has 6 heteroatoms. The molecule has 0 aliphatic heterocycles. The van der Waals surface area contributed by atoms with Gasteiger partial charge in [0.25, 0.3) is 0 Å². The third kappa shape index (κ3) is 7.33. The van der Waals surface area contributed by atoms with Gasteiger partial charge in [0.15, 0.2) is 0 Å². The average Bonchev–Trinajstić information content (AvgIpc) is 3.21. The van der Waals surface area contributed by atoms with Crippen molar-refractivity contribution in [3.8, 4) is 0 Å². The molecule has 0 bridgehead atoms. The Morgan fingerprint density at radius 2 is 1.73 bits per heavy atom. The molecule has 0 spiro atoms. The van der Waals surface area contributed by atoms with E-state index in [0.717, 1.165) is 48.3 Å². The Bertz CT molecular complexity index is 939. The number of aliphatic hydroxyl groups excluding tert-OH is 1. The molecule has 3 saturated carbocycles. The van der Waals surface area contributed by atoms with Crippen LogP contribution in [0.2, 0.25) is 0 Å². The summed E-state index contributed by atoms with van der Waals surface area (Å²) in [7, 11) is 0. The van der Waals surface area contributed by atoms with Gasteiger partial charge in [0, 0.05) is 12.5 Å². The summed E-state index contributed by atoms with van der Waals surface area (Å²) >= 11 is 0. The van der Waals surface area contributed by atoms with Crippen molar-refractivity contribution in [3.05, 3.63) is 23.8 Å². The minimum atomic E-state index is -1.49. The Kier molecular flexibility index (Phi) is 11.0. The number of rotatable bonds is 8. The fourth-order valence-corrected chi connectivity index (χ4v) is 9.08. The highest BCUT2D eigenvalue weighted by Gasteiger charge is 2.59. The highest BCUT2D eigenvalue weighted by atomic mass is 16.8. The van der Waals surface area contributed by atoms with Crippen molar-refractivity contribution in [1.29, 1.82) is 0 Å². The van der Waals surface area contributed by atoms with E-state index in [4.69, 9.17) is 5.11 Å². The summed E-state index contributed by atoms with van der Waals surface area (Å²) in [4.78, 5) is 20.7. The van der Waals surface area contributed by atoms with Gasteiger partial charge in [-0.15, -0.1) is 0 Å². The molecule has 0 heterocycles. The highest BCUT2D eigenvalue weighted by Crippen LogP contribution is 2.67. The predicted octanol–water partition coefficient (Wildman–Crippen LogP) is 8.54. The van der Waals surface area contributed by atoms with Gasteiger partial charge in [-0.3, -0.25) is 0 Å². The number of carboxylic acid groups (broad SMARTS) is 1. The van der Waals surface area contributed by atoms with Crippen LogP contribution in [0.3, 0.4) is 0 Å². The quantitative estimate of drug-likeness (QED) is 0.134. The SMILES string of the molecule is C=C(C)C(=O)OC(C)OC(=O)O.CC(C)CCCC(C)[C@H]1CC[C@H]2[C@@H]3CC=C4C[C@@H](O)CC[C@]4(C)[C@H]3CC[C@]12C. The molecule has 40 heavy (non-hydrogen) atoms. The summed E-state index contributed by atoms with van der Waals surface area (Å²) in [5.74, 6) is 4.78. The van der Waals surface area contributed by atoms with Gasteiger partial charge in [0.05, 0.1) is 6.10 Å². The van der Waals surface area contributed by atoms with Crippen LogP contribution in [0.5, 0.6) is 0 Å². The Morgan fingerprint density at radius 3 is 2.35 bits per heavy atom. The number of ether oxygens (including phenoxy) is 2. The molecule has 0 aromatic rings. The van der Waals surface area contributed by atoms with Crippen LogP contribution in [0.25, 0.3) is 0 Å². The first-order valence-electron chi connectivity index (χ1n) is 15.8. The van der Waals surface area contributed by atoms with Crippen LogP contribution in [0.4, 0.5) is 4.79 Å². The molecular weight excluding hydrogens is 504 g/mol. The number of hydrogen-bond donors (Lipinski definition) is 2. The monoisotopic (exact) mass is 560 g/mol. The largest absolute Gasteiger partial charge is 0.508 e. The van der Waals surface area contributed by atoms with E-state index in [2.05, 4.69) is 56.7 Å². The summed E-state index contributed by atoms with van der Waals surface area (Å²) in [5, 5.41) is 18.3. The number of hydrogen-bond acceptors (Lipinski definition) is 5. The van der Waals surface area contributed by atoms with Crippen molar-refractivity contribution in [3.63, 3.8) is 0 Å². The van der Waals surface area contributed by atoms with E-state index in [1.54, 1.807) is 5.57 Å². The fourth-order valence-electron chi connectivity index (χ4n) is 9.08. The van der Waals surface area contributed by atoms with Crippen molar-refractivity contribution in [2.24, 2.45) is 46.3 Å². The Morgan fingerprint density at radius 1 is 1.02 bits per heavy atom. The minimum Gasteiger partial charge on any atom is -0.450 e. The number of aliphatic hydroxyl groups is 1. The topological polar surface area (TPSA) is 93.1 Å². The normalized spacial score (nSPS) is 36.0. The van der Waals surface area contributed by atoms with E-state index in [9.17, 15) is 14.7 Å². The molecule has 0 aromatic heterocycles. The van der Waals surface area contributed by atoms with Gasteiger partial charge >= 0.3 is 12.1 Å². The predicted molar refractivity (Wildman–Crippen MR) is 159 cm³/mol. The smallest absolute Gasteiger partial charge is 0.450 e. The Balaban J connectivity index is 0.000000312. The zero-order chi connectivity index (χ0) is 29.8. The number of esters is 1. The van der Waals surface area contributed by atoms with E-state index in [1.165, 1.54) is 71.6 Å². The van der Waals surface area contributed by atoms with Gasteiger partial charge in [0.2, 0.25) is 6.29 Å². The molecular formula is C34H56O6. The molecule has 4 aliphatic carbocycles. The summed E-state index contributed by atoms with van der Waals surface area (Å²) < 4.78 is 8.58. The minimum absolute atomic E-state index is 0.0766. The molecule has 0 aromatic carbocycles. The Hall–Kier alpha value is -1.82. The molecule has 2 unspecified atom stereocenters. The van der Waals surface area contributed by atoms with E-state index in [1.807, 2.05) is 0 Å². The van der Waals surface area contributed by atoms with E-state index in [0.29, 0.717) is 10.8 Å². The molecule has 2 N–H and O–H groups in total. The van der Waals surface area contributed by atoms with Crippen molar-refractivity contribution in [1.82, 2.24) is 0 Å². The lowest BCUT2D eigenvalue weighted by Gasteiger charge is -2.58. The molecule has 4 rings (SSSR count). The van der Waals surface area contributed by atoms with Crippen LogP contribution in [0, 0.1) is 46.3 Å². The highest BCUT2D eigenvalue weighted by molar-refractivity contribution is 5.87. The number of fused-ring (bicyclic) bond motifs is 5. The van der Waals surface area contributed by atoms with Crippen LogP contribution < -0.4 is 0 Å². The lowest BCUT2D eigenvalue weighted by Crippen LogP contribution is -2.50. The van der Waals surface area contributed by atoms with Gasteiger partial charge in [0.1, 0.15) is 0 Å². The zero-order valence-corrected chi connectivity index (χ0v) is 26.2. The molecule has 0 saturated heterocycles. The molecule has 4 aliphatic rings. The maximum atomic E-state index is 10.7. The number of carbonyl (C=O) groups excluding carboxylic acids is 1. The van der Waals surface area contributed by atoms with Crippen molar-refractivity contribution in [2.75, 3.05) is 0 Å². The van der Waals surface area contributed by atoms with Gasteiger partial charge < -0.3 is 19.7 Å². The Labute approximate surface area is 243 Å². The number of carbonyl (C=O) groups is 2. The second-order valence-electron chi connectivity index (χ2n) is 14.3.